The maximum absolute atomic E-state index is 10.1. The lowest BCUT2D eigenvalue weighted by Crippen LogP contribution is -1.93. The van der Waals surface area contributed by atoms with Crippen LogP contribution in [0.3, 0.4) is 0 Å². The van der Waals surface area contributed by atoms with E-state index >= 15 is 0 Å². The number of hydrogen-bond donors (Lipinski definition) is 2. The number of rotatable bonds is 2. The zero-order valence-corrected chi connectivity index (χ0v) is 6.14. The van der Waals surface area contributed by atoms with Gasteiger partial charge in [-0.15, -0.1) is 10.2 Å². The van der Waals surface area contributed by atoms with Crippen LogP contribution >= 0.6 is 0 Å². The van der Waals surface area contributed by atoms with Crippen molar-refractivity contribution in [1.82, 2.24) is 10.2 Å². The van der Waals surface area contributed by atoms with Crippen LogP contribution in [0.15, 0.2) is 18.2 Å². The average molecular weight is 165 g/mol. The molecular weight excluding hydrogens is 158 g/mol. The summed E-state index contributed by atoms with van der Waals surface area (Å²) in [6.07, 6.45) is 2.33. The van der Waals surface area contributed by atoms with Gasteiger partial charge in [-0.05, 0) is 18.2 Å². The van der Waals surface area contributed by atoms with Gasteiger partial charge in [0.15, 0.2) is 0 Å². The van der Waals surface area contributed by atoms with Crippen molar-refractivity contribution in [3.63, 3.8) is 0 Å². The second-order valence-electron chi connectivity index (χ2n) is 2.05. The van der Waals surface area contributed by atoms with Crippen molar-refractivity contribution in [3.05, 3.63) is 23.9 Å². The number of nitrogens with zero attached hydrogens (tertiary/aromatic N) is 2. The van der Waals surface area contributed by atoms with E-state index in [4.69, 9.17) is 10.8 Å². The monoisotopic (exact) mass is 165 g/mol. The van der Waals surface area contributed by atoms with Crippen LogP contribution in [0.5, 0.6) is 0 Å². The van der Waals surface area contributed by atoms with Crippen molar-refractivity contribution in [2.24, 2.45) is 0 Å². The number of nitrogen functional groups attached to an aromatic ring is 1. The van der Waals surface area contributed by atoms with Gasteiger partial charge in [-0.2, -0.15) is 0 Å². The molecule has 0 aromatic carbocycles. The number of anilines is 1. The van der Waals surface area contributed by atoms with E-state index in [-0.39, 0.29) is 0 Å². The Morgan fingerprint density at radius 1 is 1.50 bits per heavy atom. The fourth-order valence-corrected chi connectivity index (χ4v) is 0.598. The van der Waals surface area contributed by atoms with E-state index in [1.165, 1.54) is 6.08 Å². The van der Waals surface area contributed by atoms with Crippen LogP contribution < -0.4 is 5.73 Å². The molecule has 0 fully saturated rings. The van der Waals surface area contributed by atoms with Crippen molar-refractivity contribution in [2.75, 3.05) is 5.73 Å². The predicted octanol–water partition coefficient (Wildman–Crippen LogP) is 0.157. The smallest absolute Gasteiger partial charge is 0.328 e. The third-order valence-corrected chi connectivity index (χ3v) is 1.10. The van der Waals surface area contributed by atoms with E-state index in [0.29, 0.717) is 11.5 Å². The van der Waals surface area contributed by atoms with Crippen molar-refractivity contribution < 1.29 is 9.90 Å². The van der Waals surface area contributed by atoms with Crippen LogP contribution in [-0.2, 0) is 4.79 Å². The van der Waals surface area contributed by atoms with E-state index in [2.05, 4.69) is 10.2 Å². The average Bonchev–Trinajstić information content (AvgIpc) is 2.03. The summed E-state index contributed by atoms with van der Waals surface area (Å²) in [6.45, 7) is 0. The normalized spacial score (nSPS) is 10.3. The zero-order chi connectivity index (χ0) is 8.97. The maximum atomic E-state index is 10.1. The lowest BCUT2D eigenvalue weighted by Gasteiger charge is -1.90. The van der Waals surface area contributed by atoms with Crippen molar-refractivity contribution in [1.29, 1.82) is 0 Å². The Balaban J connectivity index is 2.77. The van der Waals surface area contributed by atoms with Gasteiger partial charge < -0.3 is 10.8 Å². The summed E-state index contributed by atoms with van der Waals surface area (Å²) in [5.74, 6) is -0.712. The summed E-state index contributed by atoms with van der Waals surface area (Å²) < 4.78 is 0. The summed E-state index contributed by atoms with van der Waals surface area (Å²) in [6, 6.07) is 3.14. The summed E-state index contributed by atoms with van der Waals surface area (Å²) in [5.41, 5.74) is 5.73. The molecule has 5 heteroatoms. The molecule has 0 radical (unpaired) electrons. The second kappa shape index (κ2) is 3.47. The van der Waals surface area contributed by atoms with Crippen LogP contribution in [0.1, 0.15) is 5.69 Å². The summed E-state index contributed by atoms with van der Waals surface area (Å²) in [5, 5.41) is 15.4. The zero-order valence-electron chi connectivity index (χ0n) is 6.14. The van der Waals surface area contributed by atoms with E-state index in [0.717, 1.165) is 6.08 Å². The molecule has 1 aromatic heterocycles. The van der Waals surface area contributed by atoms with Gasteiger partial charge in [0.2, 0.25) is 0 Å². The van der Waals surface area contributed by atoms with Crippen LogP contribution in [0.2, 0.25) is 0 Å². The molecule has 12 heavy (non-hydrogen) atoms. The van der Waals surface area contributed by atoms with Gasteiger partial charge in [-0.25, -0.2) is 4.79 Å². The number of aromatic nitrogens is 2. The summed E-state index contributed by atoms with van der Waals surface area (Å²) in [4.78, 5) is 10.1. The molecule has 1 heterocycles. The van der Waals surface area contributed by atoms with Gasteiger partial charge in [0.1, 0.15) is 5.82 Å². The first kappa shape index (κ1) is 8.19. The van der Waals surface area contributed by atoms with Crippen molar-refractivity contribution in [2.45, 2.75) is 0 Å². The number of carboxylic acid groups (broad SMARTS) is 1. The molecule has 0 aliphatic carbocycles. The molecule has 1 rings (SSSR count). The highest BCUT2D eigenvalue weighted by atomic mass is 16.4. The molecule has 3 N–H and O–H groups in total. The van der Waals surface area contributed by atoms with Crippen LogP contribution in [0.4, 0.5) is 5.82 Å². The van der Waals surface area contributed by atoms with E-state index in [1.807, 2.05) is 0 Å². The molecule has 5 nitrogen and oxygen atoms in total. The fraction of sp³-hybridized carbons (Fsp3) is 0. The third kappa shape index (κ3) is 2.37. The number of carboxylic acids is 1. The lowest BCUT2D eigenvalue weighted by molar-refractivity contribution is -0.131. The molecule has 0 atom stereocenters. The SMILES string of the molecule is Nc1ccc(C=CC(=O)O)nn1. The minimum absolute atomic E-state index is 0.308. The molecule has 0 aliphatic rings. The Morgan fingerprint density at radius 2 is 2.25 bits per heavy atom. The first-order chi connectivity index (χ1) is 5.68. The molecule has 0 unspecified atom stereocenters. The minimum Gasteiger partial charge on any atom is -0.478 e. The minimum atomic E-state index is -1.02. The van der Waals surface area contributed by atoms with Crippen LogP contribution in [0, 0.1) is 0 Å². The second-order valence-corrected chi connectivity index (χ2v) is 2.05. The van der Waals surface area contributed by atoms with Crippen LogP contribution in [0.25, 0.3) is 6.08 Å². The molecule has 0 amide bonds. The largest absolute Gasteiger partial charge is 0.478 e. The third-order valence-electron chi connectivity index (χ3n) is 1.10. The highest BCUT2D eigenvalue weighted by molar-refractivity contribution is 5.84. The lowest BCUT2D eigenvalue weighted by atomic mass is 10.3. The Bertz CT molecular complexity index is 305. The number of hydrogen-bond acceptors (Lipinski definition) is 4. The molecule has 0 saturated heterocycles. The maximum Gasteiger partial charge on any atom is 0.328 e. The summed E-state index contributed by atoms with van der Waals surface area (Å²) in [7, 11) is 0. The Hall–Kier alpha value is -1.91. The molecule has 1 aromatic rings. The standard InChI is InChI=1S/C7H7N3O2/c8-6-3-1-5(9-10-6)2-4-7(11)12/h1-4H,(H2,8,10)(H,11,12). The highest BCUT2D eigenvalue weighted by Crippen LogP contribution is 1.98. The van der Waals surface area contributed by atoms with Crippen LogP contribution in [-0.4, -0.2) is 21.3 Å². The number of nitrogens with two attached hydrogens (primary N) is 1. The fourth-order valence-electron chi connectivity index (χ4n) is 0.598. The quantitative estimate of drug-likeness (QED) is 0.609. The molecular formula is C7H7N3O2. The van der Waals surface area contributed by atoms with Crippen molar-refractivity contribution >= 4 is 17.9 Å². The highest BCUT2D eigenvalue weighted by Gasteiger charge is 1.91. The van der Waals surface area contributed by atoms with Gasteiger partial charge in [0, 0.05) is 6.08 Å². The Labute approximate surface area is 68.5 Å². The first-order valence-corrected chi connectivity index (χ1v) is 3.18. The Kier molecular flexibility index (Phi) is 2.37. The van der Waals surface area contributed by atoms with E-state index in [9.17, 15) is 4.79 Å². The molecule has 0 bridgehead atoms. The Morgan fingerprint density at radius 3 is 2.75 bits per heavy atom. The van der Waals surface area contributed by atoms with E-state index < -0.39 is 5.97 Å². The van der Waals surface area contributed by atoms with Gasteiger partial charge in [-0.1, -0.05) is 0 Å². The number of aliphatic carboxylic acids is 1. The van der Waals surface area contributed by atoms with Crippen molar-refractivity contribution in [3.8, 4) is 0 Å². The molecule has 62 valence electrons. The number of carbonyl (C=O) groups is 1. The van der Waals surface area contributed by atoms with Gasteiger partial charge in [-0.3, -0.25) is 0 Å². The summed E-state index contributed by atoms with van der Waals surface area (Å²) >= 11 is 0. The van der Waals surface area contributed by atoms with Gasteiger partial charge in [0.25, 0.3) is 0 Å². The predicted molar refractivity (Wildman–Crippen MR) is 43.1 cm³/mol. The molecule has 0 spiro atoms. The first-order valence-electron chi connectivity index (χ1n) is 3.18. The van der Waals surface area contributed by atoms with Gasteiger partial charge >= 0.3 is 5.97 Å². The van der Waals surface area contributed by atoms with E-state index in [1.54, 1.807) is 12.1 Å². The molecule has 0 saturated carbocycles. The molecule has 0 aliphatic heterocycles. The topological polar surface area (TPSA) is 89.1 Å². The van der Waals surface area contributed by atoms with Gasteiger partial charge in [0.05, 0.1) is 5.69 Å².